The van der Waals surface area contributed by atoms with E-state index in [0.29, 0.717) is 0 Å². The van der Waals surface area contributed by atoms with E-state index in [1.54, 1.807) is 0 Å². The minimum absolute atomic E-state index is 0.0298. The van der Waals surface area contributed by atoms with E-state index < -0.39 is 5.91 Å². The van der Waals surface area contributed by atoms with E-state index in [1.165, 1.54) is 30.2 Å². The van der Waals surface area contributed by atoms with Crippen molar-refractivity contribution in [3.05, 3.63) is 30.1 Å². The number of carbonyl (C=O) groups excluding carboxylic acids is 1. The molecule has 2 aromatic rings. The number of aromatic nitrogens is 4. The first-order valence-electron chi connectivity index (χ1n) is 5.02. The van der Waals surface area contributed by atoms with Crippen LogP contribution in [0.2, 0.25) is 0 Å². The standard InChI is InChI=1S/C10H11N7O/c1-5(11)6-8(12)16-9(13)7(15-6)10(18)17-3-2-14-4-17/h2-4,11H,1H3,(H4,12,13,16). The Morgan fingerprint density at radius 2 is 1.94 bits per heavy atom. The molecular weight excluding hydrogens is 234 g/mol. The van der Waals surface area contributed by atoms with Crippen LogP contribution < -0.4 is 11.5 Å². The number of hydrogen-bond donors (Lipinski definition) is 3. The van der Waals surface area contributed by atoms with Crippen LogP contribution in [0.1, 0.15) is 23.1 Å². The third kappa shape index (κ3) is 1.90. The molecule has 0 spiro atoms. The molecule has 0 aliphatic carbocycles. The van der Waals surface area contributed by atoms with Gasteiger partial charge >= 0.3 is 0 Å². The highest BCUT2D eigenvalue weighted by Crippen LogP contribution is 2.14. The first-order valence-corrected chi connectivity index (χ1v) is 5.02. The highest BCUT2D eigenvalue weighted by atomic mass is 16.2. The van der Waals surface area contributed by atoms with Gasteiger partial charge in [-0.05, 0) is 6.92 Å². The maximum absolute atomic E-state index is 12.0. The molecule has 0 aliphatic heterocycles. The Labute approximate surface area is 102 Å². The van der Waals surface area contributed by atoms with Gasteiger partial charge in [0.1, 0.15) is 12.0 Å². The summed E-state index contributed by atoms with van der Waals surface area (Å²) < 4.78 is 1.22. The lowest BCUT2D eigenvalue weighted by Gasteiger charge is -2.08. The number of nitrogens with two attached hydrogens (primary N) is 2. The Kier molecular flexibility index (Phi) is 2.76. The Morgan fingerprint density at radius 1 is 1.28 bits per heavy atom. The minimum atomic E-state index is -0.472. The van der Waals surface area contributed by atoms with Crippen LogP contribution >= 0.6 is 0 Å². The summed E-state index contributed by atoms with van der Waals surface area (Å²) in [4.78, 5) is 23.6. The van der Waals surface area contributed by atoms with E-state index in [2.05, 4.69) is 15.0 Å². The molecule has 0 saturated heterocycles. The molecule has 0 amide bonds. The monoisotopic (exact) mass is 245 g/mol. The van der Waals surface area contributed by atoms with Crippen LogP contribution in [0.5, 0.6) is 0 Å². The molecule has 2 aromatic heterocycles. The van der Waals surface area contributed by atoms with Crippen molar-refractivity contribution in [1.29, 1.82) is 5.41 Å². The smallest absolute Gasteiger partial charge is 0.285 e. The maximum atomic E-state index is 12.0. The second-order valence-corrected chi connectivity index (χ2v) is 3.59. The number of anilines is 2. The second-order valence-electron chi connectivity index (χ2n) is 3.59. The third-order valence-electron chi connectivity index (χ3n) is 2.25. The summed E-state index contributed by atoms with van der Waals surface area (Å²) in [6.45, 7) is 1.50. The van der Waals surface area contributed by atoms with Gasteiger partial charge < -0.3 is 16.9 Å². The fraction of sp³-hybridized carbons (Fsp3) is 0.100. The Hall–Kier alpha value is -2.77. The number of nitrogens with zero attached hydrogens (tertiary/aromatic N) is 4. The normalized spacial score (nSPS) is 10.3. The Balaban J connectivity index is 2.54. The van der Waals surface area contributed by atoms with E-state index in [0.717, 1.165) is 0 Å². The van der Waals surface area contributed by atoms with Gasteiger partial charge in [0.15, 0.2) is 17.3 Å². The van der Waals surface area contributed by atoms with Gasteiger partial charge in [0.25, 0.3) is 5.91 Å². The SMILES string of the molecule is CC(=N)c1nc(C(=O)n2ccnc2)c(N)nc1N. The predicted octanol–water partition coefficient (Wildman–Crippen LogP) is -0.0862. The first-order chi connectivity index (χ1) is 8.50. The van der Waals surface area contributed by atoms with Gasteiger partial charge in [-0.2, -0.15) is 0 Å². The molecular formula is C10H11N7O. The molecule has 0 bridgehead atoms. The summed E-state index contributed by atoms with van der Waals surface area (Å²) in [5, 5.41) is 7.51. The summed E-state index contributed by atoms with van der Waals surface area (Å²) in [7, 11) is 0. The zero-order valence-electron chi connectivity index (χ0n) is 9.58. The molecule has 0 radical (unpaired) electrons. The molecule has 0 aliphatic rings. The molecule has 0 unspecified atom stereocenters. The fourth-order valence-corrected chi connectivity index (χ4v) is 1.40. The molecule has 18 heavy (non-hydrogen) atoms. The average molecular weight is 245 g/mol. The molecule has 0 atom stereocenters. The van der Waals surface area contributed by atoms with Crippen LogP contribution in [0.25, 0.3) is 0 Å². The van der Waals surface area contributed by atoms with Crippen LogP contribution in [0.3, 0.4) is 0 Å². The number of nitrogen functional groups attached to an aromatic ring is 2. The maximum Gasteiger partial charge on any atom is 0.285 e. The van der Waals surface area contributed by atoms with Crippen molar-refractivity contribution in [2.24, 2.45) is 0 Å². The molecule has 0 fully saturated rings. The van der Waals surface area contributed by atoms with Gasteiger partial charge in [0, 0.05) is 12.4 Å². The van der Waals surface area contributed by atoms with E-state index >= 15 is 0 Å². The summed E-state index contributed by atoms with van der Waals surface area (Å²) >= 11 is 0. The average Bonchev–Trinajstić information content (AvgIpc) is 2.81. The van der Waals surface area contributed by atoms with Crippen molar-refractivity contribution in [2.45, 2.75) is 6.92 Å². The van der Waals surface area contributed by atoms with Crippen LogP contribution in [-0.4, -0.2) is 31.1 Å². The summed E-state index contributed by atoms with van der Waals surface area (Å²) in [5.74, 6) is -0.515. The number of rotatable bonds is 2. The second kappa shape index (κ2) is 4.24. The third-order valence-corrected chi connectivity index (χ3v) is 2.25. The number of imidazole rings is 1. The lowest BCUT2D eigenvalue weighted by atomic mass is 10.2. The lowest BCUT2D eigenvalue weighted by molar-refractivity contribution is 0.0955. The topological polar surface area (TPSA) is 137 Å². The van der Waals surface area contributed by atoms with E-state index in [-0.39, 0.29) is 28.7 Å². The highest BCUT2D eigenvalue weighted by Gasteiger charge is 2.18. The summed E-state index contributed by atoms with van der Waals surface area (Å²) in [6.07, 6.45) is 4.26. The van der Waals surface area contributed by atoms with Gasteiger partial charge in [-0.25, -0.2) is 15.0 Å². The zero-order chi connectivity index (χ0) is 13.3. The zero-order valence-corrected chi connectivity index (χ0v) is 9.58. The summed E-state index contributed by atoms with van der Waals surface area (Å²) in [5.41, 5.74) is 11.4. The van der Waals surface area contributed by atoms with E-state index in [9.17, 15) is 4.79 Å². The molecule has 2 heterocycles. The molecule has 0 aromatic carbocycles. The fourth-order valence-electron chi connectivity index (χ4n) is 1.40. The quantitative estimate of drug-likeness (QED) is 0.632. The van der Waals surface area contributed by atoms with Crippen molar-refractivity contribution in [1.82, 2.24) is 19.5 Å². The Bertz CT molecular complexity index is 617. The number of nitrogens with one attached hydrogen (secondary N) is 1. The van der Waals surface area contributed by atoms with Gasteiger partial charge in [-0.3, -0.25) is 9.36 Å². The van der Waals surface area contributed by atoms with Gasteiger partial charge in [-0.1, -0.05) is 0 Å². The number of hydrogen-bond acceptors (Lipinski definition) is 7. The van der Waals surface area contributed by atoms with Crippen LogP contribution in [-0.2, 0) is 0 Å². The highest BCUT2D eigenvalue weighted by molar-refractivity contribution is 6.02. The van der Waals surface area contributed by atoms with Crippen LogP contribution in [0.4, 0.5) is 11.6 Å². The van der Waals surface area contributed by atoms with Gasteiger partial charge in [0.2, 0.25) is 0 Å². The molecule has 0 saturated carbocycles. The van der Waals surface area contributed by atoms with Gasteiger partial charge in [0.05, 0.1) is 5.71 Å². The van der Waals surface area contributed by atoms with Crippen molar-refractivity contribution >= 4 is 23.3 Å². The first kappa shape index (κ1) is 11.7. The van der Waals surface area contributed by atoms with Crippen molar-refractivity contribution in [2.75, 3.05) is 11.5 Å². The van der Waals surface area contributed by atoms with Gasteiger partial charge in [-0.15, -0.1) is 0 Å². The van der Waals surface area contributed by atoms with Crippen molar-refractivity contribution < 1.29 is 4.79 Å². The van der Waals surface area contributed by atoms with E-state index in [4.69, 9.17) is 16.9 Å². The largest absolute Gasteiger partial charge is 0.382 e. The molecule has 8 heteroatoms. The Morgan fingerprint density at radius 3 is 2.50 bits per heavy atom. The molecule has 8 nitrogen and oxygen atoms in total. The molecule has 5 N–H and O–H groups in total. The molecule has 92 valence electrons. The van der Waals surface area contributed by atoms with E-state index in [1.807, 2.05) is 0 Å². The van der Waals surface area contributed by atoms with Crippen LogP contribution in [0.15, 0.2) is 18.7 Å². The van der Waals surface area contributed by atoms with Crippen LogP contribution in [0, 0.1) is 5.41 Å². The lowest BCUT2D eigenvalue weighted by Crippen LogP contribution is -2.19. The predicted molar refractivity (Wildman–Crippen MR) is 65.3 cm³/mol. The van der Waals surface area contributed by atoms with Crippen molar-refractivity contribution in [3.63, 3.8) is 0 Å². The number of carbonyl (C=O) groups is 1. The molecule has 2 rings (SSSR count). The summed E-state index contributed by atoms with van der Waals surface area (Å²) in [6, 6.07) is 0. The minimum Gasteiger partial charge on any atom is -0.382 e. The van der Waals surface area contributed by atoms with Crippen molar-refractivity contribution in [3.8, 4) is 0 Å².